The minimum atomic E-state index is -4.40. The fraction of sp³-hybridized carbons (Fsp3) is 0.286. The number of aryl methyl sites for hydroxylation is 2. The maximum absolute atomic E-state index is 12.1. The molecule has 0 saturated heterocycles. The monoisotopic (exact) mass is 419 g/mol. The predicted octanol–water partition coefficient (Wildman–Crippen LogP) is 4.81. The molecule has 2 aromatic carbocycles. The van der Waals surface area contributed by atoms with Crippen LogP contribution in [-0.4, -0.2) is 28.8 Å². The van der Waals surface area contributed by atoms with E-state index in [4.69, 9.17) is 4.52 Å². The van der Waals surface area contributed by atoms with E-state index in [2.05, 4.69) is 27.1 Å². The van der Waals surface area contributed by atoms with E-state index in [1.807, 2.05) is 24.3 Å². The number of hydrogen-bond acceptors (Lipinski definition) is 5. The van der Waals surface area contributed by atoms with Gasteiger partial charge in [-0.3, -0.25) is 4.79 Å². The number of nitrogens with zero attached hydrogens (tertiary/aromatic N) is 2. The second kappa shape index (κ2) is 9.43. The van der Waals surface area contributed by atoms with Crippen LogP contribution >= 0.6 is 0 Å². The Hall–Kier alpha value is -3.36. The molecule has 30 heavy (non-hydrogen) atoms. The van der Waals surface area contributed by atoms with Crippen LogP contribution in [0.2, 0.25) is 0 Å². The largest absolute Gasteiger partial charge is 0.484 e. The maximum atomic E-state index is 12.1. The molecule has 0 aliphatic heterocycles. The fourth-order valence-corrected chi connectivity index (χ4v) is 2.61. The number of amides is 1. The number of carbonyl (C=O) groups is 1. The molecule has 1 amide bonds. The van der Waals surface area contributed by atoms with Crippen molar-refractivity contribution >= 4 is 11.6 Å². The average Bonchev–Trinajstić information content (AvgIpc) is 3.20. The summed E-state index contributed by atoms with van der Waals surface area (Å²) in [4.78, 5) is 16.4. The lowest BCUT2D eigenvalue weighted by Gasteiger charge is -2.10. The number of halogens is 3. The van der Waals surface area contributed by atoms with Gasteiger partial charge in [0.05, 0.1) is 0 Å². The Morgan fingerprint density at radius 1 is 1.10 bits per heavy atom. The van der Waals surface area contributed by atoms with Gasteiger partial charge in [0.25, 0.3) is 0 Å². The lowest BCUT2D eigenvalue weighted by Crippen LogP contribution is -2.19. The van der Waals surface area contributed by atoms with Crippen LogP contribution in [0, 0.1) is 0 Å². The molecule has 0 aliphatic rings. The number of rotatable bonds is 8. The van der Waals surface area contributed by atoms with Crippen molar-refractivity contribution in [3.63, 3.8) is 0 Å². The molecule has 3 rings (SSSR count). The molecule has 1 N–H and O–H groups in total. The standard InChI is InChI=1S/C21H20F3N3O3/c1-2-14-3-5-15(6-4-14)20-26-19(30-27-20)12-11-18(28)25-16-7-9-17(10-8-16)29-13-21(22,23)24/h3-10H,2,11-13H2,1H3,(H,25,28). The molecule has 0 radical (unpaired) electrons. The van der Waals surface area contributed by atoms with E-state index in [0.717, 1.165) is 12.0 Å². The van der Waals surface area contributed by atoms with Gasteiger partial charge in [-0.2, -0.15) is 18.2 Å². The maximum Gasteiger partial charge on any atom is 0.422 e. The van der Waals surface area contributed by atoms with Gasteiger partial charge in [-0.15, -0.1) is 0 Å². The fourth-order valence-electron chi connectivity index (χ4n) is 2.61. The van der Waals surface area contributed by atoms with Gasteiger partial charge in [0.1, 0.15) is 5.75 Å². The van der Waals surface area contributed by atoms with Gasteiger partial charge in [-0.25, -0.2) is 0 Å². The third kappa shape index (κ3) is 6.33. The summed E-state index contributed by atoms with van der Waals surface area (Å²) in [6.45, 7) is 0.705. The Morgan fingerprint density at radius 2 is 1.80 bits per heavy atom. The Bertz CT molecular complexity index is 968. The first-order valence-corrected chi connectivity index (χ1v) is 9.34. The van der Waals surface area contributed by atoms with Gasteiger partial charge < -0.3 is 14.6 Å². The summed E-state index contributed by atoms with van der Waals surface area (Å²) in [7, 11) is 0. The highest BCUT2D eigenvalue weighted by atomic mass is 19.4. The quantitative estimate of drug-likeness (QED) is 0.567. The van der Waals surface area contributed by atoms with Gasteiger partial charge in [-0.1, -0.05) is 36.3 Å². The molecule has 0 saturated carbocycles. The first-order chi connectivity index (χ1) is 14.3. The molecular weight excluding hydrogens is 399 g/mol. The van der Waals surface area contributed by atoms with Crippen LogP contribution in [0.1, 0.15) is 24.8 Å². The van der Waals surface area contributed by atoms with Crippen molar-refractivity contribution < 1.29 is 27.2 Å². The van der Waals surface area contributed by atoms with Gasteiger partial charge in [-0.05, 0) is 36.2 Å². The zero-order valence-electron chi connectivity index (χ0n) is 16.2. The summed E-state index contributed by atoms with van der Waals surface area (Å²) >= 11 is 0. The van der Waals surface area contributed by atoms with Crippen LogP contribution < -0.4 is 10.1 Å². The van der Waals surface area contributed by atoms with Crippen LogP contribution in [0.25, 0.3) is 11.4 Å². The lowest BCUT2D eigenvalue weighted by atomic mass is 10.1. The number of nitrogens with one attached hydrogen (secondary N) is 1. The molecular formula is C21H20F3N3O3. The molecule has 1 aromatic heterocycles. The third-order valence-electron chi connectivity index (χ3n) is 4.19. The van der Waals surface area contributed by atoms with E-state index >= 15 is 0 Å². The Kier molecular flexibility index (Phi) is 6.71. The molecule has 158 valence electrons. The minimum absolute atomic E-state index is 0.0654. The predicted molar refractivity (Wildman–Crippen MR) is 104 cm³/mol. The van der Waals surface area contributed by atoms with Gasteiger partial charge in [0, 0.05) is 24.1 Å². The number of carbonyl (C=O) groups excluding carboxylic acids is 1. The Labute approximate surface area is 171 Å². The van der Waals surface area contributed by atoms with Crippen LogP contribution in [0.15, 0.2) is 53.1 Å². The highest BCUT2D eigenvalue weighted by molar-refractivity contribution is 5.90. The zero-order chi connectivity index (χ0) is 21.6. The van der Waals surface area contributed by atoms with Crippen LogP contribution in [-0.2, 0) is 17.6 Å². The van der Waals surface area contributed by atoms with E-state index < -0.39 is 12.8 Å². The molecule has 0 bridgehead atoms. The van der Waals surface area contributed by atoms with Crippen LogP contribution in [0.3, 0.4) is 0 Å². The summed E-state index contributed by atoms with van der Waals surface area (Å²) in [5, 5.41) is 6.59. The lowest BCUT2D eigenvalue weighted by molar-refractivity contribution is -0.153. The summed E-state index contributed by atoms with van der Waals surface area (Å²) in [6.07, 6.45) is -3.09. The number of aromatic nitrogens is 2. The van der Waals surface area contributed by atoms with Crippen LogP contribution in [0.5, 0.6) is 5.75 Å². The molecule has 0 fully saturated rings. The Morgan fingerprint density at radius 3 is 2.43 bits per heavy atom. The van der Waals surface area contributed by atoms with Crippen molar-refractivity contribution in [1.29, 1.82) is 0 Å². The van der Waals surface area contributed by atoms with E-state index in [9.17, 15) is 18.0 Å². The normalized spacial score (nSPS) is 11.3. The van der Waals surface area contributed by atoms with Crippen molar-refractivity contribution in [3.8, 4) is 17.1 Å². The van der Waals surface area contributed by atoms with Crippen molar-refractivity contribution in [3.05, 3.63) is 60.0 Å². The highest BCUT2D eigenvalue weighted by Crippen LogP contribution is 2.21. The average molecular weight is 419 g/mol. The Balaban J connectivity index is 1.48. The summed E-state index contributed by atoms with van der Waals surface area (Å²) in [6, 6.07) is 13.5. The zero-order valence-corrected chi connectivity index (χ0v) is 16.2. The van der Waals surface area contributed by atoms with Crippen molar-refractivity contribution in [1.82, 2.24) is 10.1 Å². The van der Waals surface area contributed by atoms with E-state index in [-0.39, 0.29) is 24.5 Å². The van der Waals surface area contributed by atoms with Crippen molar-refractivity contribution in [2.45, 2.75) is 32.4 Å². The number of benzene rings is 2. The van der Waals surface area contributed by atoms with E-state index in [1.54, 1.807) is 0 Å². The molecule has 1 heterocycles. The summed E-state index contributed by atoms with van der Waals surface area (Å²) < 4.78 is 46.3. The second-order valence-corrected chi connectivity index (χ2v) is 6.54. The minimum Gasteiger partial charge on any atom is -0.484 e. The number of ether oxygens (including phenoxy) is 1. The van der Waals surface area contributed by atoms with Crippen molar-refractivity contribution in [2.75, 3.05) is 11.9 Å². The van der Waals surface area contributed by atoms with E-state index in [0.29, 0.717) is 17.4 Å². The highest BCUT2D eigenvalue weighted by Gasteiger charge is 2.28. The van der Waals surface area contributed by atoms with Gasteiger partial charge >= 0.3 is 6.18 Å². The molecule has 0 unspecified atom stereocenters. The number of anilines is 1. The molecule has 0 aliphatic carbocycles. The van der Waals surface area contributed by atoms with Crippen LogP contribution in [0.4, 0.5) is 18.9 Å². The summed E-state index contributed by atoms with van der Waals surface area (Å²) in [5.41, 5.74) is 2.49. The van der Waals surface area contributed by atoms with E-state index in [1.165, 1.54) is 29.8 Å². The molecule has 0 spiro atoms. The molecule has 3 aromatic rings. The SMILES string of the molecule is CCc1ccc(-c2noc(CCC(=O)Nc3ccc(OCC(F)(F)F)cc3)n2)cc1. The van der Waals surface area contributed by atoms with Crippen molar-refractivity contribution in [2.24, 2.45) is 0 Å². The first kappa shape index (κ1) is 21.4. The van der Waals surface area contributed by atoms with Gasteiger partial charge in [0.2, 0.25) is 17.6 Å². The molecule has 0 atom stereocenters. The smallest absolute Gasteiger partial charge is 0.422 e. The number of alkyl halides is 3. The second-order valence-electron chi connectivity index (χ2n) is 6.54. The third-order valence-corrected chi connectivity index (χ3v) is 4.19. The number of hydrogen-bond donors (Lipinski definition) is 1. The topological polar surface area (TPSA) is 77.2 Å². The first-order valence-electron chi connectivity index (χ1n) is 9.34. The van der Waals surface area contributed by atoms with Gasteiger partial charge in [0.15, 0.2) is 6.61 Å². The molecule has 6 nitrogen and oxygen atoms in total. The molecule has 9 heteroatoms. The summed E-state index contributed by atoms with van der Waals surface area (Å²) in [5.74, 6) is 0.583.